The zero-order valence-corrected chi connectivity index (χ0v) is 14.7. The third-order valence-corrected chi connectivity index (χ3v) is 4.24. The zero-order chi connectivity index (χ0) is 18.4. The normalized spacial score (nSPS) is 9.85. The average Bonchev–Trinajstić information content (AvgIpc) is 2.67. The number of rotatable bonds is 3. The molecule has 0 saturated carbocycles. The Hall–Kier alpha value is -3.27. The molecule has 1 N–H and O–H groups in total. The second kappa shape index (κ2) is 8.21. The Morgan fingerprint density at radius 3 is 2.54 bits per heavy atom. The number of pyridine rings is 1. The fourth-order valence-corrected chi connectivity index (χ4v) is 2.78. The summed E-state index contributed by atoms with van der Waals surface area (Å²) < 4.78 is 0. The van der Waals surface area contributed by atoms with Crippen molar-refractivity contribution in [1.29, 1.82) is 5.26 Å². The Balaban J connectivity index is 1.89. The molecule has 1 heterocycles. The molecule has 0 aliphatic heterocycles. The summed E-state index contributed by atoms with van der Waals surface area (Å²) in [5.74, 6) is 6.29. The van der Waals surface area contributed by atoms with Crippen LogP contribution in [0.3, 0.4) is 0 Å². The van der Waals surface area contributed by atoms with Gasteiger partial charge in [-0.1, -0.05) is 29.5 Å². The third-order valence-electron chi connectivity index (χ3n) is 3.92. The van der Waals surface area contributed by atoms with Crippen molar-refractivity contribution in [1.82, 2.24) is 4.98 Å². The van der Waals surface area contributed by atoms with E-state index in [2.05, 4.69) is 22.9 Å². The van der Waals surface area contributed by atoms with Crippen molar-refractivity contribution >= 4 is 11.6 Å². The minimum atomic E-state index is 0.107. The molecule has 0 saturated heterocycles. The Morgan fingerprint density at radius 1 is 1.00 bits per heavy atom. The smallest absolute Gasteiger partial charge is 0.117 e. The summed E-state index contributed by atoms with van der Waals surface area (Å²) in [6.07, 6.45) is 5.17. The molecule has 2 aromatic carbocycles. The fraction of sp³-hybridized carbons (Fsp3) is 0.0909. The minimum Gasteiger partial charge on any atom is -0.508 e. The summed E-state index contributed by atoms with van der Waals surface area (Å²) in [5, 5.41) is 19.0. The van der Waals surface area contributed by atoms with Gasteiger partial charge in [-0.3, -0.25) is 4.98 Å². The van der Waals surface area contributed by atoms with Gasteiger partial charge in [0, 0.05) is 23.5 Å². The van der Waals surface area contributed by atoms with E-state index in [-0.39, 0.29) is 5.75 Å². The lowest BCUT2D eigenvalue weighted by atomic mass is 9.98. The van der Waals surface area contributed by atoms with Gasteiger partial charge in [-0.15, -0.1) is 0 Å². The van der Waals surface area contributed by atoms with E-state index in [0.29, 0.717) is 16.1 Å². The second-order valence-corrected chi connectivity index (χ2v) is 6.17. The van der Waals surface area contributed by atoms with E-state index in [1.807, 2.05) is 30.5 Å². The van der Waals surface area contributed by atoms with Crippen LogP contribution >= 0.6 is 11.6 Å². The second-order valence-electron chi connectivity index (χ2n) is 5.76. The number of nitriles is 1. The van der Waals surface area contributed by atoms with Crippen LogP contribution in [0.15, 0.2) is 60.9 Å². The fourth-order valence-electron chi connectivity index (χ4n) is 2.56. The van der Waals surface area contributed by atoms with Gasteiger partial charge < -0.3 is 5.11 Å². The van der Waals surface area contributed by atoms with Crippen molar-refractivity contribution in [3.05, 3.63) is 93.8 Å². The number of aromatic nitrogens is 1. The Kier molecular flexibility index (Phi) is 5.54. The highest BCUT2D eigenvalue weighted by Gasteiger charge is 2.04. The maximum atomic E-state index is 9.43. The third kappa shape index (κ3) is 4.42. The number of hydrogen-bond acceptors (Lipinski definition) is 3. The summed E-state index contributed by atoms with van der Waals surface area (Å²) >= 11 is 6.11. The van der Waals surface area contributed by atoms with E-state index in [9.17, 15) is 10.4 Å². The van der Waals surface area contributed by atoms with E-state index < -0.39 is 0 Å². The van der Waals surface area contributed by atoms with E-state index in [1.165, 1.54) is 6.07 Å². The lowest BCUT2D eigenvalue weighted by Crippen LogP contribution is -1.96. The predicted molar refractivity (Wildman–Crippen MR) is 102 cm³/mol. The number of phenolic OH excluding ortho intramolecular Hbond substituents is 1. The summed E-state index contributed by atoms with van der Waals surface area (Å²) in [6, 6.07) is 16.3. The van der Waals surface area contributed by atoms with E-state index in [1.54, 1.807) is 24.4 Å². The van der Waals surface area contributed by atoms with Crippen LogP contribution < -0.4 is 0 Å². The maximum absolute atomic E-state index is 9.43. The number of halogens is 1. The highest BCUT2D eigenvalue weighted by atomic mass is 35.5. The molecule has 0 unspecified atom stereocenters. The van der Waals surface area contributed by atoms with Gasteiger partial charge in [0.25, 0.3) is 0 Å². The van der Waals surface area contributed by atoms with Crippen molar-refractivity contribution in [3.8, 4) is 23.7 Å². The lowest BCUT2D eigenvalue weighted by molar-refractivity contribution is 0.475. The van der Waals surface area contributed by atoms with Crippen LogP contribution in [0.25, 0.3) is 0 Å². The molecule has 0 aliphatic rings. The average molecular weight is 359 g/mol. The first-order valence-electron chi connectivity index (χ1n) is 8.08. The van der Waals surface area contributed by atoms with Crippen molar-refractivity contribution in [2.45, 2.75) is 12.8 Å². The van der Waals surface area contributed by atoms with Gasteiger partial charge in [-0.25, -0.2) is 0 Å². The molecule has 0 radical (unpaired) electrons. The first kappa shape index (κ1) is 17.5. The molecule has 0 aliphatic carbocycles. The van der Waals surface area contributed by atoms with Gasteiger partial charge in [0.1, 0.15) is 5.75 Å². The molecule has 4 heteroatoms. The van der Waals surface area contributed by atoms with Gasteiger partial charge in [0.05, 0.1) is 16.7 Å². The van der Waals surface area contributed by atoms with Crippen molar-refractivity contribution in [2.24, 2.45) is 0 Å². The summed E-state index contributed by atoms with van der Waals surface area (Å²) in [7, 11) is 0. The maximum Gasteiger partial charge on any atom is 0.117 e. The lowest BCUT2D eigenvalue weighted by Gasteiger charge is -2.06. The standard InChI is InChI=1S/C22H15ClN2O/c23-22-13-21(26)10-9-19(22)8-7-18-5-4-17(14-24)12-20(18)6-3-16-2-1-11-25-15-16/h1-2,4-5,9-13,15,26H,3,6H2. The molecule has 1 aromatic heterocycles. The molecule has 0 spiro atoms. The molecular formula is C22H15ClN2O. The summed E-state index contributed by atoms with van der Waals surface area (Å²) in [6.45, 7) is 0. The highest BCUT2D eigenvalue weighted by Crippen LogP contribution is 2.21. The van der Waals surface area contributed by atoms with Crippen LogP contribution in [0.2, 0.25) is 5.02 Å². The first-order valence-corrected chi connectivity index (χ1v) is 8.46. The summed E-state index contributed by atoms with van der Waals surface area (Å²) in [4.78, 5) is 4.13. The van der Waals surface area contributed by atoms with Gasteiger partial charge in [0.2, 0.25) is 0 Å². The quantitative estimate of drug-likeness (QED) is 0.701. The molecule has 126 valence electrons. The van der Waals surface area contributed by atoms with Crippen LogP contribution in [0.4, 0.5) is 0 Å². The topological polar surface area (TPSA) is 56.9 Å². The molecule has 0 bridgehead atoms. The van der Waals surface area contributed by atoms with Crippen molar-refractivity contribution in [2.75, 3.05) is 0 Å². The van der Waals surface area contributed by atoms with E-state index in [4.69, 9.17) is 11.6 Å². The molecule has 0 amide bonds. The Labute approximate surface area is 157 Å². The van der Waals surface area contributed by atoms with E-state index >= 15 is 0 Å². The molecule has 0 atom stereocenters. The van der Waals surface area contributed by atoms with Crippen molar-refractivity contribution < 1.29 is 5.11 Å². The molecule has 3 aromatic rings. The Morgan fingerprint density at radius 2 is 1.81 bits per heavy atom. The number of phenols is 1. The van der Waals surface area contributed by atoms with Crippen LogP contribution in [-0.4, -0.2) is 10.1 Å². The number of aryl methyl sites for hydroxylation is 2. The van der Waals surface area contributed by atoms with Crippen LogP contribution in [0, 0.1) is 23.2 Å². The number of nitrogens with zero attached hydrogens (tertiary/aromatic N) is 2. The van der Waals surface area contributed by atoms with Crippen LogP contribution in [0.1, 0.15) is 27.8 Å². The highest BCUT2D eigenvalue weighted by molar-refractivity contribution is 6.31. The van der Waals surface area contributed by atoms with Crippen LogP contribution in [-0.2, 0) is 12.8 Å². The summed E-state index contributed by atoms with van der Waals surface area (Å²) in [5.41, 5.74) is 4.26. The Bertz CT molecular complexity index is 1030. The minimum absolute atomic E-state index is 0.107. The van der Waals surface area contributed by atoms with E-state index in [0.717, 1.165) is 29.5 Å². The largest absolute Gasteiger partial charge is 0.508 e. The number of hydrogen-bond donors (Lipinski definition) is 1. The first-order chi connectivity index (χ1) is 12.7. The molecule has 3 rings (SSSR count). The van der Waals surface area contributed by atoms with Gasteiger partial charge in [-0.2, -0.15) is 5.26 Å². The van der Waals surface area contributed by atoms with Crippen molar-refractivity contribution in [3.63, 3.8) is 0 Å². The number of benzene rings is 2. The molecule has 3 nitrogen and oxygen atoms in total. The SMILES string of the molecule is N#Cc1ccc(C#Cc2ccc(O)cc2Cl)c(CCc2cccnc2)c1. The number of aromatic hydroxyl groups is 1. The predicted octanol–water partition coefficient (Wildman–Crippen LogP) is 4.50. The monoisotopic (exact) mass is 358 g/mol. The zero-order valence-electron chi connectivity index (χ0n) is 13.9. The van der Waals surface area contributed by atoms with Gasteiger partial charge in [0.15, 0.2) is 0 Å². The van der Waals surface area contributed by atoms with Crippen LogP contribution in [0.5, 0.6) is 5.75 Å². The molecule has 0 fully saturated rings. The van der Waals surface area contributed by atoms with Gasteiger partial charge in [-0.05, 0) is 66.4 Å². The van der Waals surface area contributed by atoms with Gasteiger partial charge >= 0.3 is 0 Å². The molecule has 26 heavy (non-hydrogen) atoms. The molecular weight excluding hydrogens is 344 g/mol.